The molecule has 1 heterocycles. The van der Waals surface area contributed by atoms with E-state index in [-0.39, 0.29) is 10.9 Å². The van der Waals surface area contributed by atoms with Crippen molar-refractivity contribution in [3.05, 3.63) is 22.9 Å². The van der Waals surface area contributed by atoms with Gasteiger partial charge in [-0.3, -0.25) is 4.98 Å². The Bertz CT molecular complexity index is 533. The number of sulfonamides is 1. The Balaban J connectivity index is 2.18. The van der Waals surface area contributed by atoms with Crippen molar-refractivity contribution < 1.29 is 8.42 Å². The summed E-state index contributed by atoms with van der Waals surface area (Å²) in [4.78, 5) is 4.10. The van der Waals surface area contributed by atoms with Crippen molar-refractivity contribution in [1.29, 1.82) is 0 Å². The van der Waals surface area contributed by atoms with Gasteiger partial charge in [0.05, 0.1) is 0 Å². The molecule has 1 aliphatic rings. The molecule has 0 aliphatic heterocycles. The van der Waals surface area contributed by atoms with Gasteiger partial charge >= 0.3 is 0 Å². The van der Waals surface area contributed by atoms with Crippen LogP contribution in [0.2, 0.25) is 0 Å². The maximum Gasteiger partial charge on any atom is 0.242 e. The van der Waals surface area contributed by atoms with Crippen LogP contribution in [-0.4, -0.2) is 19.4 Å². The first-order chi connectivity index (χ1) is 8.40. The monoisotopic (exact) mass is 332 g/mol. The number of nitrogens with zero attached hydrogens (tertiary/aromatic N) is 1. The fourth-order valence-corrected chi connectivity index (χ4v) is 4.20. The molecule has 18 heavy (non-hydrogen) atoms. The van der Waals surface area contributed by atoms with Crippen molar-refractivity contribution in [1.82, 2.24) is 9.71 Å². The van der Waals surface area contributed by atoms with Crippen LogP contribution in [0.1, 0.15) is 26.7 Å². The molecule has 1 saturated carbocycles. The quantitative estimate of drug-likeness (QED) is 0.925. The van der Waals surface area contributed by atoms with Crippen LogP contribution in [0.15, 0.2) is 27.8 Å². The van der Waals surface area contributed by atoms with Crippen molar-refractivity contribution in [2.75, 3.05) is 0 Å². The fraction of sp³-hybridized carbons (Fsp3) is 0.583. The number of rotatable bonds is 3. The summed E-state index contributed by atoms with van der Waals surface area (Å²) in [6.07, 6.45) is 4.92. The van der Waals surface area contributed by atoms with E-state index in [0.717, 1.165) is 12.8 Å². The highest BCUT2D eigenvalue weighted by molar-refractivity contribution is 9.10. The highest BCUT2D eigenvalue weighted by atomic mass is 79.9. The molecule has 3 atom stereocenters. The summed E-state index contributed by atoms with van der Waals surface area (Å²) >= 11 is 3.23. The Labute approximate surface area is 116 Å². The number of hydrogen-bond donors (Lipinski definition) is 1. The Morgan fingerprint density at radius 2 is 2.06 bits per heavy atom. The summed E-state index contributed by atoms with van der Waals surface area (Å²) in [5.41, 5.74) is 0. The van der Waals surface area contributed by atoms with Crippen LogP contribution in [0.25, 0.3) is 0 Å². The normalized spacial score (nSPS) is 28.5. The minimum Gasteiger partial charge on any atom is -0.262 e. The van der Waals surface area contributed by atoms with Gasteiger partial charge in [0.25, 0.3) is 0 Å². The second-order valence-electron chi connectivity index (χ2n) is 4.98. The lowest BCUT2D eigenvalue weighted by atomic mass is 9.98. The van der Waals surface area contributed by atoms with Gasteiger partial charge in [0.1, 0.15) is 4.90 Å². The van der Waals surface area contributed by atoms with Crippen molar-refractivity contribution in [3.8, 4) is 0 Å². The summed E-state index contributed by atoms with van der Waals surface area (Å²) < 4.78 is 27.9. The zero-order valence-electron chi connectivity index (χ0n) is 10.4. The molecule has 1 aromatic rings. The lowest BCUT2D eigenvalue weighted by Crippen LogP contribution is -2.37. The molecule has 100 valence electrons. The SMILES string of the molecule is CC1CCC(NS(=O)(=O)c2cncc(Br)c2)C1C. The predicted molar refractivity (Wildman–Crippen MR) is 73.6 cm³/mol. The number of hydrogen-bond acceptors (Lipinski definition) is 3. The van der Waals surface area contributed by atoms with Gasteiger partial charge in [-0.15, -0.1) is 0 Å². The Kier molecular flexibility index (Phi) is 4.08. The zero-order valence-corrected chi connectivity index (χ0v) is 12.8. The highest BCUT2D eigenvalue weighted by Crippen LogP contribution is 2.32. The average molecular weight is 333 g/mol. The van der Waals surface area contributed by atoms with E-state index >= 15 is 0 Å². The van der Waals surface area contributed by atoms with Gasteiger partial charge in [-0.25, -0.2) is 13.1 Å². The van der Waals surface area contributed by atoms with Gasteiger partial charge in [-0.1, -0.05) is 13.8 Å². The molecule has 4 nitrogen and oxygen atoms in total. The second-order valence-corrected chi connectivity index (χ2v) is 7.61. The third-order valence-electron chi connectivity index (χ3n) is 3.76. The summed E-state index contributed by atoms with van der Waals surface area (Å²) in [6.45, 7) is 4.27. The minimum atomic E-state index is -3.47. The van der Waals surface area contributed by atoms with Gasteiger partial charge in [-0.2, -0.15) is 0 Å². The number of aromatic nitrogens is 1. The smallest absolute Gasteiger partial charge is 0.242 e. The summed E-state index contributed by atoms with van der Waals surface area (Å²) in [6, 6.07) is 1.60. The van der Waals surface area contributed by atoms with Crippen LogP contribution in [0, 0.1) is 11.8 Å². The lowest BCUT2D eigenvalue weighted by molar-refractivity contribution is 0.402. The molecular weight excluding hydrogens is 316 g/mol. The van der Waals surface area contributed by atoms with Gasteiger partial charge in [0, 0.05) is 22.9 Å². The first-order valence-corrected chi connectivity index (χ1v) is 8.30. The Morgan fingerprint density at radius 1 is 1.33 bits per heavy atom. The molecule has 0 bridgehead atoms. The van der Waals surface area contributed by atoms with E-state index < -0.39 is 10.0 Å². The van der Waals surface area contributed by atoms with E-state index in [2.05, 4.69) is 39.5 Å². The molecule has 3 unspecified atom stereocenters. The predicted octanol–water partition coefficient (Wildman–Crippen LogP) is 2.56. The molecule has 0 radical (unpaired) electrons. The van der Waals surface area contributed by atoms with Gasteiger partial charge in [-0.05, 0) is 46.7 Å². The standard InChI is InChI=1S/C12H17BrN2O2S/c1-8-3-4-12(9(8)2)15-18(16,17)11-5-10(13)6-14-7-11/h5-9,12,15H,3-4H2,1-2H3. The zero-order chi connectivity index (χ0) is 13.3. The van der Waals surface area contributed by atoms with Crippen molar-refractivity contribution >= 4 is 26.0 Å². The van der Waals surface area contributed by atoms with Crippen molar-refractivity contribution in [2.45, 2.75) is 37.6 Å². The average Bonchev–Trinajstić information content (AvgIpc) is 2.61. The molecule has 1 aromatic heterocycles. The van der Waals surface area contributed by atoms with Crippen LogP contribution in [0.3, 0.4) is 0 Å². The summed E-state index contributed by atoms with van der Waals surface area (Å²) in [5, 5.41) is 0. The first kappa shape index (κ1) is 14.0. The van der Waals surface area contributed by atoms with Crippen LogP contribution in [-0.2, 0) is 10.0 Å². The van der Waals surface area contributed by atoms with E-state index in [9.17, 15) is 8.42 Å². The van der Waals surface area contributed by atoms with E-state index in [4.69, 9.17) is 0 Å². The van der Waals surface area contributed by atoms with E-state index in [1.807, 2.05) is 0 Å². The van der Waals surface area contributed by atoms with E-state index in [1.54, 1.807) is 12.3 Å². The first-order valence-electron chi connectivity index (χ1n) is 6.03. The van der Waals surface area contributed by atoms with Crippen molar-refractivity contribution in [2.24, 2.45) is 11.8 Å². The molecular formula is C12H17BrN2O2S. The van der Waals surface area contributed by atoms with Crippen molar-refractivity contribution in [3.63, 3.8) is 0 Å². The molecule has 2 rings (SSSR count). The molecule has 0 amide bonds. The lowest BCUT2D eigenvalue weighted by Gasteiger charge is -2.19. The molecule has 6 heteroatoms. The summed E-state index contributed by atoms with van der Waals surface area (Å²) in [7, 11) is -3.47. The molecule has 1 N–H and O–H groups in total. The maximum absolute atomic E-state index is 12.2. The van der Waals surface area contributed by atoms with Gasteiger partial charge < -0.3 is 0 Å². The summed E-state index contributed by atoms with van der Waals surface area (Å²) in [5.74, 6) is 0.943. The maximum atomic E-state index is 12.2. The number of halogens is 1. The Morgan fingerprint density at radius 3 is 2.61 bits per heavy atom. The third-order valence-corrected chi connectivity index (χ3v) is 5.65. The van der Waals surface area contributed by atoms with Crippen LogP contribution in [0.5, 0.6) is 0 Å². The van der Waals surface area contributed by atoms with Gasteiger partial charge in [0.15, 0.2) is 0 Å². The fourth-order valence-electron chi connectivity index (χ4n) is 2.34. The van der Waals surface area contributed by atoms with Crippen LogP contribution < -0.4 is 4.72 Å². The van der Waals surface area contributed by atoms with Crippen LogP contribution >= 0.6 is 15.9 Å². The molecule has 1 aliphatic carbocycles. The van der Waals surface area contributed by atoms with Crippen LogP contribution in [0.4, 0.5) is 0 Å². The highest BCUT2D eigenvalue weighted by Gasteiger charge is 2.33. The number of pyridine rings is 1. The largest absolute Gasteiger partial charge is 0.262 e. The number of nitrogens with one attached hydrogen (secondary N) is 1. The van der Waals surface area contributed by atoms with E-state index in [0.29, 0.717) is 16.3 Å². The molecule has 1 fully saturated rings. The molecule has 0 saturated heterocycles. The Hall–Kier alpha value is -0.460. The second kappa shape index (κ2) is 5.27. The molecule has 0 aromatic carbocycles. The van der Waals surface area contributed by atoms with E-state index in [1.165, 1.54) is 6.20 Å². The third kappa shape index (κ3) is 2.92. The minimum absolute atomic E-state index is 0.0315. The van der Waals surface area contributed by atoms with Gasteiger partial charge in [0.2, 0.25) is 10.0 Å². The topological polar surface area (TPSA) is 59.1 Å². The molecule has 0 spiro atoms.